The average molecular weight is 340 g/mol. The molecule has 3 rings (SSSR count). The zero-order chi connectivity index (χ0) is 16.4. The van der Waals surface area contributed by atoms with Crippen LogP contribution in [0.4, 0.5) is 8.78 Å². The minimum Gasteiger partial charge on any atom is -0.461 e. The van der Waals surface area contributed by atoms with Gasteiger partial charge in [0.05, 0.1) is 16.8 Å². The molecule has 5 nitrogen and oxygen atoms in total. The number of aromatic nitrogens is 1. The molecule has 118 valence electrons. The number of nitrogens with zero attached hydrogens (tertiary/aromatic N) is 1. The Hall–Kier alpha value is -2.67. The lowest BCUT2D eigenvalue weighted by Gasteiger charge is -2.05. The van der Waals surface area contributed by atoms with E-state index in [4.69, 9.17) is 25.3 Å². The molecular formula is C15H8ClF2NO4. The highest BCUT2D eigenvalue weighted by Crippen LogP contribution is 2.23. The molecule has 0 aliphatic rings. The summed E-state index contributed by atoms with van der Waals surface area (Å²) >= 11 is 5.70. The number of ether oxygens (including phenoxy) is 1. The van der Waals surface area contributed by atoms with Crippen molar-refractivity contribution >= 4 is 17.6 Å². The molecule has 23 heavy (non-hydrogen) atoms. The van der Waals surface area contributed by atoms with E-state index in [1.165, 1.54) is 12.3 Å². The highest BCUT2D eigenvalue weighted by molar-refractivity contribution is 6.33. The van der Waals surface area contributed by atoms with Crippen LogP contribution in [-0.2, 0) is 11.3 Å². The predicted molar refractivity (Wildman–Crippen MR) is 74.7 cm³/mol. The van der Waals surface area contributed by atoms with Crippen molar-refractivity contribution in [2.45, 2.75) is 6.61 Å². The van der Waals surface area contributed by atoms with E-state index in [1.807, 2.05) is 0 Å². The first kappa shape index (κ1) is 15.2. The molecule has 8 heteroatoms. The van der Waals surface area contributed by atoms with E-state index >= 15 is 0 Å². The first-order chi connectivity index (χ1) is 11.0. The Balaban J connectivity index is 1.69. The molecule has 0 spiro atoms. The van der Waals surface area contributed by atoms with Crippen LogP contribution in [0, 0.1) is 11.6 Å². The van der Waals surface area contributed by atoms with Gasteiger partial charge in [-0.25, -0.2) is 13.6 Å². The van der Waals surface area contributed by atoms with Crippen LogP contribution in [0.2, 0.25) is 5.02 Å². The number of hydrogen-bond acceptors (Lipinski definition) is 5. The van der Waals surface area contributed by atoms with Gasteiger partial charge in [-0.2, -0.15) is 0 Å². The molecule has 0 aliphatic carbocycles. The maximum Gasteiger partial charge on any atom is 0.340 e. The number of benzene rings is 1. The summed E-state index contributed by atoms with van der Waals surface area (Å²) in [5.41, 5.74) is 0.0452. The summed E-state index contributed by atoms with van der Waals surface area (Å²) in [7, 11) is 0. The van der Waals surface area contributed by atoms with Crippen molar-refractivity contribution in [3.63, 3.8) is 0 Å². The summed E-state index contributed by atoms with van der Waals surface area (Å²) < 4.78 is 41.3. The normalized spacial score (nSPS) is 10.7. The van der Waals surface area contributed by atoms with E-state index in [1.54, 1.807) is 12.1 Å². The summed E-state index contributed by atoms with van der Waals surface area (Å²) in [6.07, 6.45) is 1.47. The van der Waals surface area contributed by atoms with Crippen LogP contribution >= 0.6 is 11.6 Å². The van der Waals surface area contributed by atoms with Gasteiger partial charge in [-0.15, -0.1) is 0 Å². The Kier molecular flexibility index (Phi) is 4.12. The van der Waals surface area contributed by atoms with Crippen LogP contribution in [0.3, 0.4) is 0 Å². The lowest BCUT2D eigenvalue weighted by atomic mass is 10.2. The van der Waals surface area contributed by atoms with E-state index in [2.05, 4.69) is 5.16 Å². The van der Waals surface area contributed by atoms with Gasteiger partial charge in [-0.1, -0.05) is 16.8 Å². The Morgan fingerprint density at radius 3 is 2.74 bits per heavy atom. The molecule has 0 atom stereocenters. The minimum absolute atomic E-state index is 0.224. The van der Waals surface area contributed by atoms with E-state index < -0.39 is 17.6 Å². The lowest BCUT2D eigenvalue weighted by Crippen LogP contribution is -2.07. The molecule has 0 fully saturated rings. The Morgan fingerprint density at radius 1 is 1.22 bits per heavy atom. The van der Waals surface area contributed by atoms with Crippen molar-refractivity contribution < 1.29 is 27.3 Å². The molecule has 0 N–H and O–H groups in total. The Morgan fingerprint density at radius 2 is 2.00 bits per heavy atom. The SMILES string of the molecule is O=C(OCc1cc(-c2ccco2)on1)c1cc(F)c(F)cc1Cl. The molecule has 0 bridgehead atoms. The van der Waals surface area contributed by atoms with Crippen LogP contribution < -0.4 is 0 Å². The van der Waals surface area contributed by atoms with Crippen molar-refractivity contribution in [2.75, 3.05) is 0 Å². The average Bonchev–Trinajstić information content (AvgIpc) is 3.19. The third-order valence-corrected chi connectivity index (χ3v) is 3.22. The maximum absolute atomic E-state index is 13.2. The van der Waals surface area contributed by atoms with Crippen LogP contribution in [0.25, 0.3) is 11.5 Å². The molecule has 0 aliphatic heterocycles. The maximum atomic E-state index is 13.2. The topological polar surface area (TPSA) is 65.5 Å². The van der Waals surface area contributed by atoms with Crippen molar-refractivity contribution in [2.24, 2.45) is 0 Å². The number of esters is 1. The summed E-state index contributed by atoms with van der Waals surface area (Å²) in [6.45, 7) is -0.224. The van der Waals surface area contributed by atoms with Gasteiger partial charge in [-0.3, -0.25) is 0 Å². The number of carbonyl (C=O) groups is 1. The predicted octanol–water partition coefficient (Wildman–Crippen LogP) is 4.22. The van der Waals surface area contributed by atoms with Crippen molar-refractivity contribution in [1.29, 1.82) is 0 Å². The molecule has 1 aromatic carbocycles. The van der Waals surface area contributed by atoms with Crippen molar-refractivity contribution in [3.8, 4) is 11.5 Å². The quantitative estimate of drug-likeness (QED) is 0.526. The molecule has 2 aromatic heterocycles. The second kappa shape index (κ2) is 6.21. The standard InChI is InChI=1S/C15H8ClF2NO4/c16-10-6-12(18)11(17)5-9(10)15(20)22-7-8-4-14(23-19-8)13-2-1-3-21-13/h1-6H,7H2. The number of carbonyl (C=O) groups excluding carboxylic acids is 1. The Labute approximate surface area is 133 Å². The number of halogens is 3. The fourth-order valence-electron chi connectivity index (χ4n) is 1.81. The first-order valence-electron chi connectivity index (χ1n) is 6.35. The van der Waals surface area contributed by atoms with Crippen LogP contribution in [0.15, 0.2) is 45.5 Å². The molecule has 0 saturated heterocycles. The Bertz CT molecular complexity index is 845. The van der Waals surface area contributed by atoms with E-state index in [-0.39, 0.29) is 17.2 Å². The molecule has 0 amide bonds. The molecule has 2 heterocycles. The van der Waals surface area contributed by atoms with E-state index in [0.29, 0.717) is 29.3 Å². The van der Waals surface area contributed by atoms with Gasteiger partial charge in [0.1, 0.15) is 12.3 Å². The van der Waals surface area contributed by atoms with Gasteiger partial charge in [0.25, 0.3) is 0 Å². The zero-order valence-corrected chi connectivity index (χ0v) is 12.1. The highest BCUT2D eigenvalue weighted by Gasteiger charge is 2.17. The highest BCUT2D eigenvalue weighted by atomic mass is 35.5. The van der Waals surface area contributed by atoms with Gasteiger partial charge in [-0.05, 0) is 24.3 Å². The molecular weight excluding hydrogens is 332 g/mol. The number of furan rings is 1. The zero-order valence-electron chi connectivity index (χ0n) is 11.4. The van der Waals surface area contributed by atoms with E-state index in [9.17, 15) is 13.6 Å². The van der Waals surface area contributed by atoms with Crippen LogP contribution in [-0.4, -0.2) is 11.1 Å². The van der Waals surface area contributed by atoms with Crippen LogP contribution in [0.5, 0.6) is 0 Å². The van der Waals surface area contributed by atoms with Crippen molar-refractivity contribution in [1.82, 2.24) is 5.16 Å². The summed E-state index contributed by atoms with van der Waals surface area (Å²) in [5, 5.41) is 3.47. The summed E-state index contributed by atoms with van der Waals surface area (Å²) in [6, 6.07) is 6.27. The number of hydrogen-bond donors (Lipinski definition) is 0. The van der Waals surface area contributed by atoms with Gasteiger partial charge in [0.15, 0.2) is 17.4 Å². The molecule has 0 unspecified atom stereocenters. The van der Waals surface area contributed by atoms with Gasteiger partial charge in [0, 0.05) is 6.07 Å². The van der Waals surface area contributed by atoms with Crippen LogP contribution in [0.1, 0.15) is 16.1 Å². The fourth-order valence-corrected chi connectivity index (χ4v) is 2.04. The lowest BCUT2D eigenvalue weighted by molar-refractivity contribution is 0.0464. The van der Waals surface area contributed by atoms with Crippen molar-refractivity contribution in [3.05, 3.63) is 64.5 Å². The van der Waals surface area contributed by atoms with Gasteiger partial charge >= 0.3 is 5.97 Å². The van der Waals surface area contributed by atoms with Gasteiger partial charge < -0.3 is 13.7 Å². The van der Waals surface area contributed by atoms with Gasteiger partial charge in [0.2, 0.25) is 5.76 Å². The largest absolute Gasteiger partial charge is 0.461 e. The summed E-state index contributed by atoms with van der Waals surface area (Å²) in [4.78, 5) is 11.9. The second-order valence-electron chi connectivity index (χ2n) is 4.48. The minimum atomic E-state index is -1.19. The molecule has 3 aromatic rings. The smallest absolute Gasteiger partial charge is 0.340 e. The summed E-state index contributed by atoms with van der Waals surface area (Å²) in [5.74, 6) is -2.41. The number of rotatable bonds is 4. The second-order valence-corrected chi connectivity index (χ2v) is 4.89. The van der Waals surface area contributed by atoms with E-state index in [0.717, 1.165) is 0 Å². The fraction of sp³-hybridized carbons (Fsp3) is 0.0667. The third kappa shape index (κ3) is 3.24. The molecule has 0 radical (unpaired) electrons. The molecule has 0 saturated carbocycles. The third-order valence-electron chi connectivity index (χ3n) is 2.90. The first-order valence-corrected chi connectivity index (χ1v) is 6.73. The monoisotopic (exact) mass is 339 g/mol.